The van der Waals surface area contributed by atoms with Crippen LogP contribution in [0, 0.1) is 0 Å². The lowest BCUT2D eigenvalue weighted by Gasteiger charge is -2.27. The minimum absolute atomic E-state index is 0.404. The average Bonchev–Trinajstić information content (AvgIpc) is 2.39. The second kappa shape index (κ2) is 5.43. The number of halogens is 1. The Balaban J connectivity index is 2.51. The van der Waals surface area contributed by atoms with Gasteiger partial charge in [0.1, 0.15) is 5.60 Å². The highest BCUT2D eigenvalue weighted by atomic mass is 35.5. The molecule has 0 spiro atoms. The van der Waals surface area contributed by atoms with Crippen molar-refractivity contribution in [2.75, 3.05) is 0 Å². The van der Waals surface area contributed by atoms with Crippen LogP contribution in [0.2, 0.25) is 5.02 Å². The predicted molar refractivity (Wildman–Crippen MR) is 73.1 cm³/mol. The first kappa shape index (κ1) is 13.6. The van der Waals surface area contributed by atoms with Gasteiger partial charge in [-0.25, -0.2) is 0 Å². The number of aliphatic carboxylic acids is 1. The number of carbonyl (C=O) groups is 1. The smallest absolute Gasteiger partial charge is 0.306 e. The second-order valence-corrected chi connectivity index (χ2v) is 4.74. The molecule has 0 aromatic heterocycles. The molecule has 0 saturated heterocycles. The summed E-state index contributed by atoms with van der Waals surface area (Å²) >= 11 is 5.82. The molecule has 1 atom stereocenters. The van der Waals surface area contributed by atoms with Gasteiger partial charge < -0.3 is 10.2 Å². The Hall–Kier alpha value is -1.84. The van der Waals surface area contributed by atoms with Crippen LogP contribution in [0.5, 0.6) is 0 Å². The second-order valence-electron chi connectivity index (χ2n) is 4.30. The van der Waals surface area contributed by atoms with E-state index in [0.717, 1.165) is 0 Å². The van der Waals surface area contributed by atoms with Crippen LogP contribution < -0.4 is 0 Å². The molecule has 0 bridgehead atoms. The van der Waals surface area contributed by atoms with Gasteiger partial charge in [-0.1, -0.05) is 54.1 Å². The molecule has 3 nitrogen and oxygen atoms in total. The SMILES string of the molecule is O=C(O)CC(O)(c1ccccc1)c1ccc(Cl)cc1. The normalized spacial score (nSPS) is 13.8. The third-order valence-corrected chi connectivity index (χ3v) is 3.23. The van der Waals surface area contributed by atoms with Gasteiger partial charge in [-0.05, 0) is 23.3 Å². The number of rotatable bonds is 4. The molecule has 0 amide bonds. The van der Waals surface area contributed by atoms with E-state index < -0.39 is 18.0 Å². The Morgan fingerprint density at radius 2 is 1.53 bits per heavy atom. The fourth-order valence-electron chi connectivity index (χ4n) is 2.03. The van der Waals surface area contributed by atoms with Gasteiger partial charge in [0.2, 0.25) is 0 Å². The van der Waals surface area contributed by atoms with Crippen LogP contribution in [0.1, 0.15) is 17.5 Å². The molecule has 2 aromatic carbocycles. The molecule has 0 radical (unpaired) electrons. The average molecular weight is 277 g/mol. The van der Waals surface area contributed by atoms with Crippen molar-refractivity contribution in [2.24, 2.45) is 0 Å². The van der Waals surface area contributed by atoms with Crippen LogP contribution in [-0.2, 0) is 10.4 Å². The van der Waals surface area contributed by atoms with Crippen molar-refractivity contribution in [3.63, 3.8) is 0 Å². The van der Waals surface area contributed by atoms with E-state index >= 15 is 0 Å². The first-order valence-electron chi connectivity index (χ1n) is 5.78. The van der Waals surface area contributed by atoms with Crippen LogP contribution >= 0.6 is 11.6 Å². The van der Waals surface area contributed by atoms with Crippen LogP contribution in [0.15, 0.2) is 54.6 Å². The number of carboxylic acids is 1. The Morgan fingerprint density at radius 3 is 2.05 bits per heavy atom. The molecule has 0 aliphatic heterocycles. The molecule has 0 fully saturated rings. The Bertz CT molecular complexity index is 566. The molecule has 2 rings (SSSR count). The predicted octanol–water partition coefficient (Wildman–Crippen LogP) is 3.05. The van der Waals surface area contributed by atoms with Gasteiger partial charge in [-0.3, -0.25) is 4.79 Å². The minimum Gasteiger partial charge on any atom is -0.481 e. The van der Waals surface area contributed by atoms with Gasteiger partial charge in [-0.2, -0.15) is 0 Å². The summed E-state index contributed by atoms with van der Waals surface area (Å²) in [6.07, 6.45) is -0.404. The lowest BCUT2D eigenvalue weighted by atomic mass is 9.83. The number of hydrogen-bond acceptors (Lipinski definition) is 2. The van der Waals surface area contributed by atoms with Crippen molar-refractivity contribution in [1.29, 1.82) is 0 Å². The van der Waals surface area contributed by atoms with Crippen molar-refractivity contribution in [3.05, 3.63) is 70.7 Å². The number of hydrogen-bond donors (Lipinski definition) is 2. The van der Waals surface area contributed by atoms with Crippen LogP contribution in [0.25, 0.3) is 0 Å². The van der Waals surface area contributed by atoms with Gasteiger partial charge in [0, 0.05) is 5.02 Å². The van der Waals surface area contributed by atoms with Crippen LogP contribution in [-0.4, -0.2) is 16.2 Å². The Morgan fingerprint density at radius 1 is 1.00 bits per heavy atom. The fourth-order valence-corrected chi connectivity index (χ4v) is 2.16. The zero-order valence-electron chi connectivity index (χ0n) is 10.1. The van der Waals surface area contributed by atoms with E-state index in [9.17, 15) is 9.90 Å². The van der Waals surface area contributed by atoms with Gasteiger partial charge in [0.15, 0.2) is 0 Å². The highest BCUT2D eigenvalue weighted by molar-refractivity contribution is 6.30. The number of aliphatic hydroxyl groups is 1. The summed E-state index contributed by atoms with van der Waals surface area (Å²) in [4.78, 5) is 11.0. The molecule has 0 heterocycles. The van der Waals surface area contributed by atoms with Crippen LogP contribution in [0.3, 0.4) is 0 Å². The maximum Gasteiger partial charge on any atom is 0.306 e. The minimum atomic E-state index is -1.56. The van der Waals surface area contributed by atoms with E-state index in [4.69, 9.17) is 16.7 Å². The summed E-state index contributed by atoms with van der Waals surface area (Å²) in [5.74, 6) is -1.07. The van der Waals surface area contributed by atoms with Crippen LogP contribution in [0.4, 0.5) is 0 Å². The van der Waals surface area contributed by atoms with Gasteiger partial charge >= 0.3 is 5.97 Å². The molecule has 4 heteroatoms. The lowest BCUT2D eigenvalue weighted by Crippen LogP contribution is -2.30. The first-order valence-corrected chi connectivity index (χ1v) is 6.16. The fraction of sp³-hybridized carbons (Fsp3) is 0.133. The summed E-state index contributed by atoms with van der Waals surface area (Å²) in [7, 11) is 0. The zero-order valence-corrected chi connectivity index (χ0v) is 10.8. The van der Waals surface area contributed by atoms with E-state index in [1.807, 2.05) is 6.07 Å². The number of benzene rings is 2. The molecule has 0 aliphatic carbocycles. The standard InChI is InChI=1S/C15H13ClO3/c16-13-8-6-12(7-9-13)15(19,10-14(17)18)11-4-2-1-3-5-11/h1-9,19H,10H2,(H,17,18). The quantitative estimate of drug-likeness (QED) is 0.902. The summed E-state index contributed by atoms with van der Waals surface area (Å²) in [6.45, 7) is 0. The molecule has 0 aliphatic rings. The molecular formula is C15H13ClO3. The molecular weight excluding hydrogens is 264 g/mol. The highest BCUT2D eigenvalue weighted by Gasteiger charge is 2.34. The van der Waals surface area contributed by atoms with E-state index in [1.165, 1.54) is 0 Å². The molecule has 98 valence electrons. The topological polar surface area (TPSA) is 57.5 Å². The monoisotopic (exact) mass is 276 g/mol. The van der Waals surface area contributed by atoms with E-state index in [-0.39, 0.29) is 0 Å². The van der Waals surface area contributed by atoms with Gasteiger partial charge in [0.25, 0.3) is 0 Å². The lowest BCUT2D eigenvalue weighted by molar-refractivity contribution is -0.141. The van der Waals surface area contributed by atoms with Crippen molar-refractivity contribution in [1.82, 2.24) is 0 Å². The maximum atomic E-state index is 11.0. The van der Waals surface area contributed by atoms with E-state index in [1.54, 1.807) is 48.5 Å². The molecule has 0 saturated carbocycles. The Kier molecular flexibility index (Phi) is 3.88. The third kappa shape index (κ3) is 2.95. The number of carboxylic acid groups (broad SMARTS) is 1. The summed E-state index contributed by atoms with van der Waals surface area (Å²) in [5.41, 5.74) is -0.511. The van der Waals surface area contributed by atoms with Gasteiger partial charge in [-0.15, -0.1) is 0 Å². The largest absolute Gasteiger partial charge is 0.481 e. The summed E-state index contributed by atoms with van der Waals surface area (Å²) < 4.78 is 0. The summed E-state index contributed by atoms with van der Waals surface area (Å²) in [5, 5.41) is 20.4. The Labute approximate surface area is 116 Å². The summed E-state index contributed by atoms with van der Waals surface area (Å²) in [6, 6.07) is 15.3. The van der Waals surface area contributed by atoms with E-state index in [0.29, 0.717) is 16.1 Å². The molecule has 2 N–H and O–H groups in total. The third-order valence-electron chi connectivity index (χ3n) is 2.98. The van der Waals surface area contributed by atoms with Crippen molar-refractivity contribution in [2.45, 2.75) is 12.0 Å². The van der Waals surface area contributed by atoms with Crippen molar-refractivity contribution < 1.29 is 15.0 Å². The maximum absolute atomic E-state index is 11.0. The van der Waals surface area contributed by atoms with Crippen molar-refractivity contribution >= 4 is 17.6 Å². The highest BCUT2D eigenvalue weighted by Crippen LogP contribution is 2.33. The molecule has 19 heavy (non-hydrogen) atoms. The van der Waals surface area contributed by atoms with Gasteiger partial charge in [0.05, 0.1) is 6.42 Å². The first-order chi connectivity index (χ1) is 9.02. The van der Waals surface area contributed by atoms with Crippen molar-refractivity contribution in [3.8, 4) is 0 Å². The zero-order chi connectivity index (χ0) is 13.9. The molecule has 1 unspecified atom stereocenters. The molecule has 2 aromatic rings. The van der Waals surface area contributed by atoms with E-state index in [2.05, 4.69) is 0 Å².